The Labute approximate surface area is 128 Å². The molecule has 108 valence electrons. The van der Waals surface area contributed by atoms with E-state index in [0.717, 1.165) is 5.56 Å². The topological polar surface area (TPSA) is 66.9 Å². The fourth-order valence-electron chi connectivity index (χ4n) is 1.69. The number of benzene rings is 1. The quantitative estimate of drug-likeness (QED) is 0.832. The van der Waals surface area contributed by atoms with Crippen molar-refractivity contribution in [3.63, 3.8) is 0 Å². The molecule has 0 fully saturated rings. The van der Waals surface area contributed by atoms with Crippen LogP contribution >= 0.6 is 11.6 Å². The van der Waals surface area contributed by atoms with E-state index < -0.39 is 0 Å². The molecule has 21 heavy (non-hydrogen) atoms. The Morgan fingerprint density at radius 3 is 2.95 bits per heavy atom. The number of nitrogens with one attached hydrogen (secondary N) is 2. The molecular formula is C15H15ClN4O. The molecule has 1 amide bonds. The Hall–Kier alpha value is -2.40. The van der Waals surface area contributed by atoms with Gasteiger partial charge >= 0.3 is 0 Å². The zero-order valence-corrected chi connectivity index (χ0v) is 12.3. The van der Waals surface area contributed by atoms with Crippen LogP contribution in [-0.2, 0) is 0 Å². The molecule has 1 aromatic heterocycles. The molecule has 0 saturated carbocycles. The van der Waals surface area contributed by atoms with Crippen molar-refractivity contribution in [2.75, 3.05) is 17.2 Å². The Bertz CT molecular complexity index is 672. The van der Waals surface area contributed by atoms with Gasteiger partial charge in [-0.15, -0.1) is 6.58 Å². The molecule has 2 rings (SSSR count). The summed E-state index contributed by atoms with van der Waals surface area (Å²) in [5.74, 6) is 0.0832. The number of carbonyl (C=O) groups excluding carboxylic acids is 1. The Morgan fingerprint density at radius 1 is 1.43 bits per heavy atom. The molecule has 0 spiro atoms. The highest BCUT2D eigenvalue weighted by Gasteiger charge is 2.10. The van der Waals surface area contributed by atoms with E-state index in [2.05, 4.69) is 27.2 Å². The van der Waals surface area contributed by atoms with Crippen molar-refractivity contribution in [3.8, 4) is 0 Å². The van der Waals surface area contributed by atoms with Crippen LogP contribution in [0.3, 0.4) is 0 Å². The number of anilines is 2. The highest BCUT2D eigenvalue weighted by Crippen LogP contribution is 2.20. The summed E-state index contributed by atoms with van der Waals surface area (Å²) >= 11 is 5.89. The summed E-state index contributed by atoms with van der Waals surface area (Å²) in [5.41, 5.74) is 1.87. The van der Waals surface area contributed by atoms with Crippen LogP contribution in [0.2, 0.25) is 5.02 Å². The monoisotopic (exact) mass is 302 g/mol. The molecule has 0 bridgehead atoms. The first kappa shape index (κ1) is 15.0. The molecule has 0 aliphatic rings. The van der Waals surface area contributed by atoms with E-state index in [1.54, 1.807) is 30.3 Å². The first-order valence-electron chi connectivity index (χ1n) is 6.35. The third-order valence-electron chi connectivity index (χ3n) is 2.73. The van der Waals surface area contributed by atoms with Gasteiger partial charge in [-0.3, -0.25) is 4.79 Å². The lowest BCUT2D eigenvalue weighted by Gasteiger charge is -2.09. The van der Waals surface area contributed by atoms with Crippen LogP contribution in [0.1, 0.15) is 16.1 Å². The van der Waals surface area contributed by atoms with Crippen molar-refractivity contribution in [1.29, 1.82) is 0 Å². The number of amides is 1. The molecule has 0 aliphatic heterocycles. The van der Waals surface area contributed by atoms with Gasteiger partial charge in [-0.05, 0) is 36.8 Å². The van der Waals surface area contributed by atoms with Gasteiger partial charge in [0.2, 0.25) is 5.95 Å². The Kier molecular flexibility index (Phi) is 4.90. The number of nitrogens with zero attached hydrogens (tertiary/aromatic N) is 2. The fourth-order valence-corrected chi connectivity index (χ4v) is 1.91. The van der Waals surface area contributed by atoms with E-state index in [9.17, 15) is 4.79 Å². The number of aromatic nitrogens is 2. The van der Waals surface area contributed by atoms with E-state index >= 15 is 0 Å². The van der Waals surface area contributed by atoms with Gasteiger partial charge in [0, 0.05) is 23.5 Å². The predicted octanol–water partition coefficient (Wildman–Crippen LogP) is 3.29. The third-order valence-corrected chi connectivity index (χ3v) is 2.96. The molecule has 0 radical (unpaired) electrons. The van der Waals surface area contributed by atoms with Crippen molar-refractivity contribution in [3.05, 3.63) is 59.4 Å². The van der Waals surface area contributed by atoms with Crippen molar-refractivity contribution in [2.24, 2.45) is 0 Å². The van der Waals surface area contributed by atoms with Gasteiger partial charge in [0.05, 0.1) is 0 Å². The minimum atomic E-state index is -0.301. The van der Waals surface area contributed by atoms with Gasteiger partial charge < -0.3 is 10.6 Å². The van der Waals surface area contributed by atoms with Crippen molar-refractivity contribution < 1.29 is 4.79 Å². The lowest BCUT2D eigenvalue weighted by molar-refractivity contribution is 0.102. The molecule has 2 N–H and O–H groups in total. The molecule has 0 atom stereocenters. The largest absolute Gasteiger partial charge is 0.351 e. The van der Waals surface area contributed by atoms with Gasteiger partial charge in [0.1, 0.15) is 5.69 Å². The maximum atomic E-state index is 12.2. The first-order chi connectivity index (χ1) is 10.1. The summed E-state index contributed by atoms with van der Waals surface area (Å²) in [6.45, 7) is 6.00. The summed E-state index contributed by atoms with van der Waals surface area (Å²) in [6, 6.07) is 6.82. The summed E-state index contributed by atoms with van der Waals surface area (Å²) < 4.78 is 0. The molecule has 1 aromatic carbocycles. The number of rotatable bonds is 5. The van der Waals surface area contributed by atoms with Crippen LogP contribution in [0.4, 0.5) is 11.6 Å². The van der Waals surface area contributed by atoms with Crippen LogP contribution in [0, 0.1) is 6.92 Å². The van der Waals surface area contributed by atoms with Gasteiger partial charge in [0.15, 0.2) is 0 Å². The number of halogens is 1. The molecule has 0 aliphatic carbocycles. The van der Waals surface area contributed by atoms with Crippen LogP contribution in [0.5, 0.6) is 0 Å². The Balaban J connectivity index is 2.14. The molecular weight excluding hydrogens is 288 g/mol. The summed E-state index contributed by atoms with van der Waals surface area (Å²) in [4.78, 5) is 20.4. The second-order valence-corrected chi connectivity index (χ2v) is 4.78. The number of aryl methyl sites for hydroxylation is 1. The minimum absolute atomic E-state index is 0.283. The van der Waals surface area contributed by atoms with E-state index in [0.29, 0.717) is 23.2 Å². The number of hydrogen-bond donors (Lipinski definition) is 2. The summed E-state index contributed by atoms with van der Waals surface area (Å²) in [5, 5.41) is 6.36. The maximum absolute atomic E-state index is 12.2. The van der Waals surface area contributed by atoms with Gasteiger partial charge in [0.25, 0.3) is 5.91 Å². The van der Waals surface area contributed by atoms with Crippen molar-refractivity contribution in [1.82, 2.24) is 9.97 Å². The normalized spacial score (nSPS) is 10.0. The third kappa shape index (κ3) is 4.03. The van der Waals surface area contributed by atoms with E-state index in [1.807, 2.05) is 6.92 Å². The molecule has 5 nitrogen and oxygen atoms in total. The minimum Gasteiger partial charge on any atom is -0.351 e. The van der Waals surface area contributed by atoms with Crippen molar-refractivity contribution >= 4 is 29.1 Å². The van der Waals surface area contributed by atoms with Crippen LogP contribution in [0.25, 0.3) is 0 Å². The van der Waals surface area contributed by atoms with Crippen LogP contribution in [-0.4, -0.2) is 22.4 Å². The second kappa shape index (κ2) is 6.85. The zero-order chi connectivity index (χ0) is 15.2. The lowest BCUT2D eigenvalue weighted by Crippen LogP contribution is -2.16. The molecule has 6 heteroatoms. The zero-order valence-electron chi connectivity index (χ0n) is 11.6. The van der Waals surface area contributed by atoms with Gasteiger partial charge in [-0.25, -0.2) is 9.97 Å². The maximum Gasteiger partial charge on any atom is 0.274 e. The average molecular weight is 303 g/mol. The average Bonchev–Trinajstić information content (AvgIpc) is 2.48. The standard InChI is InChI=1S/C15H15ClN4O/c1-3-7-17-15-18-8-6-13(20-15)14(21)19-12-5-4-11(16)9-10(12)2/h3-6,8-9H,1,7H2,2H3,(H,19,21)(H,17,18,20). The fraction of sp³-hybridized carbons (Fsp3) is 0.133. The molecule has 1 heterocycles. The predicted molar refractivity (Wildman–Crippen MR) is 84.9 cm³/mol. The van der Waals surface area contributed by atoms with Gasteiger partial charge in [-0.1, -0.05) is 17.7 Å². The second-order valence-electron chi connectivity index (χ2n) is 4.35. The number of carbonyl (C=O) groups is 1. The highest BCUT2D eigenvalue weighted by molar-refractivity contribution is 6.30. The molecule has 0 unspecified atom stereocenters. The van der Waals surface area contributed by atoms with Crippen LogP contribution in [0.15, 0.2) is 43.1 Å². The number of hydrogen-bond acceptors (Lipinski definition) is 4. The smallest absolute Gasteiger partial charge is 0.274 e. The van der Waals surface area contributed by atoms with E-state index in [-0.39, 0.29) is 11.6 Å². The SMILES string of the molecule is C=CCNc1nccc(C(=O)Nc2ccc(Cl)cc2C)n1. The summed E-state index contributed by atoms with van der Waals surface area (Å²) in [6.07, 6.45) is 3.22. The van der Waals surface area contributed by atoms with E-state index in [1.165, 1.54) is 6.20 Å². The summed E-state index contributed by atoms with van der Waals surface area (Å²) in [7, 11) is 0. The molecule has 0 saturated heterocycles. The first-order valence-corrected chi connectivity index (χ1v) is 6.73. The highest BCUT2D eigenvalue weighted by atomic mass is 35.5. The van der Waals surface area contributed by atoms with Crippen LogP contribution < -0.4 is 10.6 Å². The lowest BCUT2D eigenvalue weighted by atomic mass is 10.2. The van der Waals surface area contributed by atoms with Crippen molar-refractivity contribution in [2.45, 2.75) is 6.92 Å². The molecule has 2 aromatic rings. The Morgan fingerprint density at radius 2 is 2.24 bits per heavy atom. The van der Waals surface area contributed by atoms with E-state index in [4.69, 9.17) is 11.6 Å². The van der Waals surface area contributed by atoms with Gasteiger partial charge in [-0.2, -0.15) is 0 Å².